The first-order chi connectivity index (χ1) is 9.31. The van der Waals surface area contributed by atoms with Crippen LogP contribution in [0, 0.1) is 0 Å². The normalized spacial score (nSPS) is 22.9. The van der Waals surface area contributed by atoms with Gasteiger partial charge in [0.2, 0.25) is 0 Å². The minimum atomic E-state index is -1.09. The Morgan fingerprint density at radius 1 is 0.750 bits per heavy atom. The zero-order valence-electron chi connectivity index (χ0n) is 11.3. The lowest BCUT2D eigenvalue weighted by atomic mass is 9.77. The van der Waals surface area contributed by atoms with Crippen molar-refractivity contribution in [2.45, 2.75) is 62.1 Å². The summed E-state index contributed by atoms with van der Waals surface area (Å²) in [5.74, 6) is -2.17. The van der Waals surface area contributed by atoms with Crippen LogP contribution in [0.4, 0.5) is 0 Å². The second-order valence-electron chi connectivity index (χ2n) is 5.67. The molecule has 0 amide bonds. The van der Waals surface area contributed by atoms with Crippen molar-refractivity contribution in [1.82, 2.24) is 0 Å². The molecule has 2 fully saturated rings. The summed E-state index contributed by atoms with van der Waals surface area (Å²) < 4.78 is 10.3. The van der Waals surface area contributed by atoms with Crippen LogP contribution in [-0.2, 0) is 19.1 Å². The fourth-order valence-corrected chi connectivity index (χ4v) is 2.51. The molecule has 114 valence electrons. The highest BCUT2D eigenvalue weighted by Crippen LogP contribution is 2.38. The van der Waals surface area contributed by atoms with Gasteiger partial charge < -0.3 is 32.4 Å². The maximum Gasteiger partial charge on any atom is 0.418 e. The topological polar surface area (TPSA) is 157 Å². The quantitative estimate of drug-likeness (QED) is 0.273. The smallest absolute Gasteiger partial charge is 0.418 e. The summed E-state index contributed by atoms with van der Waals surface area (Å²) in [5.41, 5.74) is 20.5. The summed E-state index contributed by atoms with van der Waals surface area (Å²) in [6.07, 6.45) is 2.26. The van der Waals surface area contributed by atoms with Gasteiger partial charge in [0.1, 0.15) is 11.2 Å². The summed E-state index contributed by atoms with van der Waals surface area (Å²) >= 11 is 0. The van der Waals surface area contributed by atoms with Crippen molar-refractivity contribution in [3.63, 3.8) is 0 Å². The number of hydrogen-bond acceptors (Lipinski definition) is 8. The van der Waals surface area contributed by atoms with Crippen LogP contribution < -0.4 is 22.9 Å². The molecule has 0 aromatic rings. The van der Waals surface area contributed by atoms with Crippen molar-refractivity contribution in [2.24, 2.45) is 22.9 Å². The molecule has 0 saturated heterocycles. The van der Waals surface area contributed by atoms with E-state index >= 15 is 0 Å². The second-order valence-corrected chi connectivity index (χ2v) is 5.67. The van der Waals surface area contributed by atoms with E-state index in [9.17, 15) is 9.59 Å². The molecule has 0 radical (unpaired) electrons. The SMILES string of the molecule is NC(N)C1(OC(=O)C(=O)OC2(C(N)N)CCC2)CCC1. The summed E-state index contributed by atoms with van der Waals surface area (Å²) in [7, 11) is 0. The number of rotatable bonds is 4. The Bertz CT molecular complexity index is 364. The first-order valence-corrected chi connectivity index (χ1v) is 6.80. The molecule has 20 heavy (non-hydrogen) atoms. The Balaban J connectivity index is 1.94. The second kappa shape index (κ2) is 5.28. The lowest BCUT2D eigenvalue weighted by Crippen LogP contribution is -2.62. The minimum Gasteiger partial charge on any atom is -0.448 e. The predicted octanol–water partition coefficient (Wildman–Crippen LogP) is -1.59. The molecule has 0 aromatic carbocycles. The van der Waals surface area contributed by atoms with Crippen molar-refractivity contribution in [3.05, 3.63) is 0 Å². The maximum absolute atomic E-state index is 11.8. The molecule has 0 aromatic heterocycles. The van der Waals surface area contributed by atoms with Gasteiger partial charge in [-0.25, -0.2) is 9.59 Å². The zero-order valence-corrected chi connectivity index (χ0v) is 11.3. The lowest BCUT2D eigenvalue weighted by molar-refractivity contribution is -0.199. The third-order valence-electron chi connectivity index (χ3n) is 4.37. The van der Waals surface area contributed by atoms with Crippen LogP contribution in [-0.4, -0.2) is 35.5 Å². The van der Waals surface area contributed by atoms with Gasteiger partial charge in [0.25, 0.3) is 0 Å². The van der Waals surface area contributed by atoms with Crippen LogP contribution in [0.15, 0.2) is 0 Å². The number of carbonyl (C=O) groups is 2. The Morgan fingerprint density at radius 2 is 1.05 bits per heavy atom. The monoisotopic (exact) mass is 286 g/mol. The van der Waals surface area contributed by atoms with Crippen molar-refractivity contribution >= 4 is 11.9 Å². The number of nitrogens with two attached hydrogens (primary N) is 4. The maximum atomic E-state index is 11.8. The van der Waals surface area contributed by atoms with E-state index in [1.807, 2.05) is 0 Å². The molecule has 0 unspecified atom stereocenters. The van der Waals surface area contributed by atoms with Gasteiger partial charge in [-0.1, -0.05) is 0 Å². The molecule has 8 N–H and O–H groups in total. The van der Waals surface area contributed by atoms with Gasteiger partial charge in [0.05, 0.1) is 12.3 Å². The number of ether oxygens (including phenoxy) is 2. The molecule has 0 heterocycles. The molecule has 2 aliphatic rings. The lowest BCUT2D eigenvalue weighted by Gasteiger charge is -2.45. The summed E-state index contributed by atoms with van der Waals surface area (Å²) in [6, 6.07) is 0. The molecule has 2 aliphatic carbocycles. The van der Waals surface area contributed by atoms with Gasteiger partial charge in [-0.15, -0.1) is 0 Å². The van der Waals surface area contributed by atoms with Gasteiger partial charge in [-0.2, -0.15) is 0 Å². The summed E-state index contributed by atoms with van der Waals surface area (Å²) in [5, 5.41) is 0. The molecular formula is C12H22N4O4. The Hall–Kier alpha value is -1.22. The van der Waals surface area contributed by atoms with Crippen LogP contribution in [0.1, 0.15) is 38.5 Å². The largest absolute Gasteiger partial charge is 0.448 e. The third-order valence-corrected chi connectivity index (χ3v) is 4.37. The van der Waals surface area contributed by atoms with E-state index in [4.69, 9.17) is 32.4 Å². The molecule has 0 bridgehead atoms. The van der Waals surface area contributed by atoms with Crippen LogP contribution in [0.2, 0.25) is 0 Å². The van der Waals surface area contributed by atoms with E-state index in [1.54, 1.807) is 0 Å². The molecule has 8 heteroatoms. The average molecular weight is 286 g/mol. The van der Waals surface area contributed by atoms with Crippen LogP contribution in [0.25, 0.3) is 0 Å². The van der Waals surface area contributed by atoms with Crippen molar-refractivity contribution in [2.75, 3.05) is 0 Å². The Morgan fingerprint density at radius 3 is 1.20 bits per heavy atom. The number of esters is 2. The van der Waals surface area contributed by atoms with Crippen LogP contribution in [0.3, 0.4) is 0 Å². The number of carbonyl (C=O) groups excluding carboxylic acids is 2. The molecule has 0 spiro atoms. The fraction of sp³-hybridized carbons (Fsp3) is 0.833. The standard InChI is InChI=1S/C12H22N4O4/c13-9(14)11(3-1-4-11)19-7(17)8(18)20-12(10(15)16)5-2-6-12/h9-10H,1-6,13-16H2. The highest BCUT2D eigenvalue weighted by molar-refractivity contribution is 6.30. The Labute approximate surface area is 117 Å². The van der Waals surface area contributed by atoms with Crippen molar-refractivity contribution < 1.29 is 19.1 Å². The fourth-order valence-electron chi connectivity index (χ4n) is 2.51. The summed E-state index contributed by atoms with van der Waals surface area (Å²) in [4.78, 5) is 23.6. The molecule has 2 saturated carbocycles. The first kappa shape index (κ1) is 15.2. The van der Waals surface area contributed by atoms with E-state index in [0.29, 0.717) is 25.7 Å². The van der Waals surface area contributed by atoms with E-state index in [0.717, 1.165) is 12.8 Å². The zero-order chi connectivity index (χ0) is 15.0. The van der Waals surface area contributed by atoms with Crippen LogP contribution >= 0.6 is 0 Å². The van der Waals surface area contributed by atoms with Gasteiger partial charge in [0, 0.05) is 0 Å². The molecule has 0 atom stereocenters. The van der Waals surface area contributed by atoms with E-state index in [1.165, 1.54) is 0 Å². The van der Waals surface area contributed by atoms with Crippen LogP contribution in [0.5, 0.6) is 0 Å². The first-order valence-electron chi connectivity index (χ1n) is 6.80. The van der Waals surface area contributed by atoms with Gasteiger partial charge in [0.15, 0.2) is 0 Å². The number of hydrogen-bond donors (Lipinski definition) is 4. The van der Waals surface area contributed by atoms with E-state index < -0.39 is 35.5 Å². The van der Waals surface area contributed by atoms with Crippen molar-refractivity contribution in [3.8, 4) is 0 Å². The van der Waals surface area contributed by atoms with Crippen molar-refractivity contribution in [1.29, 1.82) is 0 Å². The average Bonchev–Trinajstić information content (AvgIpc) is 2.26. The molecule has 0 aliphatic heterocycles. The van der Waals surface area contributed by atoms with E-state index in [2.05, 4.69) is 0 Å². The molecule has 8 nitrogen and oxygen atoms in total. The minimum absolute atomic E-state index is 0.547. The predicted molar refractivity (Wildman–Crippen MR) is 69.7 cm³/mol. The van der Waals surface area contributed by atoms with E-state index in [-0.39, 0.29) is 0 Å². The van der Waals surface area contributed by atoms with Gasteiger partial charge in [-0.05, 0) is 38.5 Å². The molecular weight excluding hydrogens is 264 g/mol. The Kier molecular flexibility index (Phi) is 4.01. The third kappa shape index (κ3) is 2.51. The highest BCUT2D eigenvalue weighted by Gasteiger charge is 2.49. The van der Waals surface area contributed by atoms with Gasteiger partial charge in [-0.3, -0.25) is 0 Å². The molecule has 2 rings (SSSR count). The summed E-state index contributed by atoms with van der Waals surface area (Å²) in [6.45, 7) is 0. The van der Waals surface area contributed by atoms with Gasteiger partial charge >= 0.3 is 11.9 Å². The highest BCUT2D eigenvalue weighted by atomic mass is 16.6.